The first kappa shape index (κ1) is 9.79. The van der Waals surface area contributed by atoms with Crippen molar-refractivity contribution in [1.82, 2.24) is 5.32 Å². The average Bonchev–Trinajstić information content (AvgIpc) is 1.73. The van der Waals surface area contributed by atoms with Crippen molar-refractivity contribution in [3.8, 4) is 0 Å². The average molecular weight is 167 g/mol. The Morgan fingerprint density at radius 2 is 1.67 bits per heavy atom. The minimum absolute atomic E-state index is 0.353. The molecule has 1 aliphatic heterocycles. The molecule has 0 aromatic carbocycles. The highest BCUT2D eigenvalue weighted by molar-refractivity contribution is 5.22. The Kier molecular flexibility index (Phi) is 2.62. The van der Waals surface area contributed by atoms with E-state index in [1.54, 1.807) is 5.57 Å². The molecule has 0 spiro atoms. The molecule has 70 valence electrons. The summed E-state index contributed by atoms with van der Waals surface area (Å²) in [6.45, 7) is 13.8. The van der Waals surface area contributed by atoms with E-state index in [4.69, 9.17) is 0 Å². The van der Waals surface area contributed by atoms with Gasteiger partial charge in [-0.2, -0.15) is 0 Å². The smallest absolute Gasteiger partial charge is 0.00551 e. The van der Waals surface area contributed by atoms with Crippen LogP contribution in [-0.4, -0.2) is 13.1 Å². The molecular formula is C11H21N. The van der Waals surface area contributed by atoms with E-state index in [9.17, 15) is 0 Å². The third kappa shape index (κ3) is 1.89. The zero-order valence-electron chi connectivity index (χ0n) is 8.99. The maximum Gasteiger partial charge on any atom is 0.00551 e. The molecule has 0 saturated carbocycles. The summed E-state index contributed by atoms with van der Waals surface area (Å²) < 4.78 is 0. The molecule has 0 amide bonds. The van der Waals surface area contributed by atoms with Crippen LogP contribution in [0.25, 0.3) is 0 Å². The fraction of sp³-hybridized carbons (Fsp3) is 0.818. The number of allylic oxidation sites excluding steroid dienone is 1. The lowest BCUT2D eigenvalue weighted by Gasteiger charge is -2.38. The van der Waals surface area contributed by atoms with Crippen molar-refractivity contribution in [1.29, 1.82) is 0 Å². The molecule has 1 heteroatoms. The van der Waals surface area contributed by atoms with Crippen molar-refractivity contribution in [3.63, 3.8) is 0 Å². The van der Waals surface area contributed by atoms with Crippen LogP contribution in [0.1, 0.15) is 34.6 Å². The molecule has 1 heterocycles. The highest BCUT2D eigenvalue weighted by Crippen LogP contribution is 2.35. The van der Waals surface area contributed by atoms with Crippen molar-refractivity contribution in [3.05, 3.63) is 11.1 Å². The van der Waals surface area contributed by atoms with Gasteiger partial charge in [-0.3, -0.25) is 0 Å². The third-order valence-corrected chi connectivity index (χ3v) is 2.54. The molecule has 0 aliphatic carbocycles. The van der Waals surface area contributed by atoms with Crippen LogP contribution in [0.3, 0.4) is 0 Å². The van der Waals surface area contributed by atoms with Crippen molar-refractivity contribution < 1.29 is 0 Å². The highest BCUT2D eigenvalue weighted by atomic mass is 14.9. The first-order valence-electron chi connectivity index (χ1n) is 4.81. The van der Waals surface area contributed by atoms with Crippen molar-refractivity contribution in [2.24, 2.45) is 11.3 Å². The second kappa shape index (κ2) is 3.21. The molecule has 1 N–H and O–H groups in total. The Balaban J connectivity index is 2.82. The topological polar surface area (TPSA) is 12.0 Å². The van der Waals surface area contributed by atoms with Crippen molar-refractivity contribution >= 4 is 0 Å². The van der Waals surface area contributed by atoms with E-state index in [2.05, 4.69) is 39.9 Å². The standard InChI is InChI=1S/C11H21N/c1-8(2)10(11(3,4)5)9-6-12-7-9/h9,12H,6-7H2,1-5H3. The lowest BCUT2D eigenvalue weighted by Crippen LogP contribution is -2.45. The van der Waals surface area contributed by atoms with E-state index in [-0.39, 0.29) is 0 Å². The van der Waals surface area contributed by atoms with Crippen LogP contribution in [0.5, 0.6) is 0 Å². The molecule has 0 unspecified atom stereocenters. The van der Waals surface area contributed by atoms with Crippen LogP contribution < -0.4 is 5.32 Å². The lowest BCUT2D eigenvalue weighted by atomic mass is 9.74. The molecule has 0 radical (unpaired) electrons. The van der Waals surface area contributed by atoms with Crippen LogP contribution in [-0.2, 0) is 0 Å². The van der Waals surface area contributed by atoms with Gasteiger partial charge in [0.2, 0.25) is 0 Å². The van der Waals surface area contributed by atoms with E-state index in [1.807, 2.05) is 0 Å². The number of hydrogen-bond donors (Lipinski definition) is 1. The monoisotopic (exact) mass is 167 g/mol. The molecule has 1 aliphatic rings. The Morgan fingerprint density at radius 1 is 1.17 bits per heavy atom. The highest BCUT2D eigenvalue weighted by Gasteiger charge is 2.29. The Bertz CT molecular complexity index is 188. The van der Waals surface area contributed by atoms with Gasteiger partial charge >= 0.3 is 0 Å². The molecule has 1 nitrogen and oxygen atoms in total. The fourth-order valence-corrected chi connectivity index (χ4v) is 2.26. The molecule has 1 fully saturated rings. The maximum absolute atomic E-state index is 3.33. The summed E-state index contributed by atoms with van der Waals surface area (Å²) in [5, 5.41) is 3.33. The lowest BCUT2D eigenvalue weighted by molar-refractivity contribution is 0.326. The summed E-state index contributed by atoms with van der Waals surface area (Å²) >= 11 is 0. The van der Waals surface area contributed by atoms with Gasteiger partial charge in [-0.25, -0.2) is 0 Å². The van der Waals surface area contributed by atoms with Gasteiger partial charge in [0.1, 0.15) is 0 Å². The Morgan fingerprint density at radius 3 is 1.75 bits per heavy atom. The molecule has 0 aromatic rings. The minimum Gasteiger partial charge on any atom is -0.315 e. The van der Waals surface area contributed by atoms with Crippen LogP contribution in [0.4, 0.5) is 0 Å². The predicted molar refractivity (Wildman–Crippen MR) is 54.2 cm³/mol. The first-order chi connectivity index (χ1) is 5.43. The van der Waals surface area contributed by atoms with E-state index < -0.39 is 0 Å². The SMILES string of the molecule is CC(C)=C(C1CNC1)C(C)(C)C. The normalized spacial score (nSPS) is 18.8. The van der Waals surface area contributed by atoms with Gasteiger partial charge in [0.05, 0.1) is 0 Å². The van der Waals surface area contributed by atoms with Crippen molar-refractivity contribution in [2.75, 3.05) is 13.1 Å². The number of rotatable bonds is 1. The first-order valence-corrected chi connectivity index (χ1v) is 4.81. The van der Waals surface area contributed by atoms with Gasteiger partial charge in [0.25, 0.3) is 0 Å². The minimum atomic E-state index is 0.353. The van der Waals surface area contributed by atoms with Crippen LogP contribution >= 0.6 is 0 Å². The maximum atomic E-state index is 3.33. The Labute approximate surface area is 76.2 Å². The van der Waals surface area contributed by atoms with Gasteiger partial charge in [-0.1, -0.05) is 31.9 Å². The third-order valence-electron chi connectivity index (χ3n) is 2.54. The summed E-state index contributed by atoms with van der Waals surface area (Å²) in [6.07, 6.45) is 0. The molecule has 1 saturated heterocycles. The predicted octanol–water partition coefficient (Wildman–Crippen LogP) is 2.59. The quantitative estimate of drug-likeness (QED) is 0.592. The van der Waals surface area contributed by atoms with E-state index in [1.165, 1.54) is 18.7 Å². The van der Waals surface area contributed by atoms with Gasteiger partial charge in [-0.05, 0) is 19.3 Å². The van der Waals surface area contributed by atoms with E-state index >= 15 is 0 Å². The molecule has 1 rings (SSSR count). The summed E-state index contributed by atoms with van der Waals surface area (Å²) in [7, 11) is 0. The van der Waals surface area contributed by atoms with E-state index in [0.717, 1.165) is 5.92 Å². The van der Waals surface area contributed by atoms with Crippen LogP contribution in [0.15, 0.2) is 11.1 Å². The zero-order valence-corrected chi connectivity index (χ0v) is 8.99. The molecular weight excluding hydrogens is 146 g/mol. The second-order valence-corrected chi connectivity index (χ2v) is 5.02. The second-order valence-electron chi connectivity index (χ2n) is 5.02. The van der Waals surface area contributed by atoms with Gasteiger partial charge in [0.15, 0.2) is 0 Å². The van der Waals surface area contributed by atoms with Gasteiger partial charge in [0, 0.05) is 19.0 Å². The summed E-state index contributed by atoms with van der Waals surface area (Å²) in [6, 6.07) is 0. The summed E-state index contributed by atoms with van der Waals surface area (Å²) in [4.78, 5) is 0. The Hall–Kier alpha value is -0.300. The molecule has 12 heavy (non-hydrogen) atoms. The fourth-order valence-electron chi connectivity index (χ4n) is 2.26. The molecule has 0 atom stereocenters. The largest absolute Gasteiger partial charge is 0.315 e. The zero-order chi connectivity index (χ0) is 9.35. The molecule has 0 aromatic heterocycles. The van der Waals surface area contributed by atoms with Crippen LogP contribution in [0, 0.1) is 11.3 Å². The van der Waals surface area contributed by atoms with Gasteiger partial charge in [-0.15, -0.1) is 0 Å². The van der Waals surface area contributed by atoms with Crippen LogP contribution in [0.2, 0.25) is 0 Å². The number of nitrogens with one attached hydrogen (secondary N) is 1. The molecule has 0 bridgehead atoms. The van der Waals surface area contributed by atoms with E-state index in [0.29, 0.717) is 5.41 Å². The summed E-state index contributed by atoms with van der Waals surface area (Å²) in [5.74, 6) is 0.801. The number of hydrogen-bond acceptors (Lipinski definition) is 1. The van der Waals surface area contributed by atoms with Crippen molar-refractivity contribution in [2.45, 2.75) is 34.6 Å². The van der Waals surface area contributed by atoms with Gasteiger partial charge < -0.3 is 5.32 Å². The summed E-state index contributed by atoms with van der Waals surface area (Å²) in [5.41, 5.74) is 3.52.